The van der Waals surface area contributed by atoms with E-state index in [1.807, 2.05) is 0 Å². The lowest BCUT2D eigenvalue weighted by Gasteiger charge is -2.15. The summed E-state index contributed by atoms with van der Waals surface area (Å²) in [6, 6.07) is 8.60. The number of amides is 1. The molecule has 0 heterocycles. The first kappa shape index (κ1) is 21.2. The Morgan fingerprint density at radius 3 is 2.48 bits per heavy atom. The van der Waals surface area contributed by atoms with Gasteiger partial charge in [-0.2, -0.15) is 0 Å². The van der Waals surface area contributed by atoms with E-state index in [1.165, 1.54) is 19.1 Å². The number of halogens is 2. The van der Waals surface area contributed by atoms with Gasteiger partial charge < -0.3 is 10.1 Å². The molecule has 0 aromatic heterocycles. The predicted octanol–water partition coefficient (Wildman–Crippen LogP) is 3.13. The minimum absolute atomic E-state index is 0.0509. The number of nitrogens with one attached hydrogen (secondary N) is 1. The van der Waals surface area contributed by atoms with Crippen molar-refractivity contribution in [2.75, 3.05) is 5.32 Å². The van der Waals surface area contributed by atoms with Crippen LogP contribution in [-0.4, -0.2) is 26.4 Å². The average Bonchev–Trinajstić information content (AvgIpc) is 2.58. The second kappa shape index (κ2) is 8.26. The molecule has 10 heteroatoms. The third kappa shape index (κ3) is 5.20. The number of rotatable bonds is 5. The van der Waals surface area contributed by atoms with Crippen LogP contribution in [0, 0.1) is 6.92 Å². The van der Waals surface area contributed by atoms with Crippen molar-refractivity contribution in [1.82, 2.24) is 0 Å². The van der Waals surface area contributed by atoms with Crippen LogP contribution in [0.2, 0.25) is 10.0 Å². The Morgan fingerprint density at radius 2 is 1.85 bits per heavy atom. The highest BCUT2D eigenvalue weighted by molar-refractivity contribution is 7.89. The number of aryl methyl sites for hydroxylation is 1. The van der Waals surface area contributed by atoms with Gasteiger partial charge in [0.15, 0.2) is 6.10 Å². The minimum atomic E-state index is -4.00. The van der Waals surface area contributed by atoms with E-state index < -0.39 is 28.0 Å². The molecule has 0 spiro atoms. The van der Waals surface area contributed by atoms with Crippen LogP contribution in [0.15, 0.2) is 41.3 Å². The normalized spacial score (nSPS) is 12.3. The zero-order chi connectivity index (χ0) is 20.4. The zero-order valence-electron chi connectivity index (χ0n) is 14.3. The number of esters is 1. The first-order valence-corrected chi connectivity index (χ1v) is 9.90. The largest absolute Gasteiger partial charge is 0.449 e. The maximum absolute atomic E-state index is 12.2. The lowest BCUT2D eigenvalue weighted by molar-refractivity contribution is -0.123. The fourth-order valence-corrected chi connectivity index (χ4v) is 3.31. The molecule has 0 saturated heterocycles. The van der Waals surface area contributed by atoms with Gasteiger partial charge in [-0.1, -0.05) is 35.3 Å². The summed E-state index contributed by atoms with van der Waals surface area (Å²) in [4.78, 5) is 24.3. The van der Waals surface area contributed by atoms with E-state index in [0.717, 1.165) is 6.07 Å². The molecule has 144 valence electrons. The van der Waals surface area contributed by atoms with Crippen molar-refractivity contribution in [3.05, 3.63) is 57.6 Å². The summed E-state index contributed by atoms with van der Waals surface area (Å²) in [6.07, 6.45) is -1.17. The lowest BCUT2D eigenvalue weighted by atomic mass is 10.1. The standard InChI is InChI=1S/C17H16Cl2N2O5S/c1-9-6-7-11(8-14(9)27(20,24)25)17(23)26-10(2)16(22)21-13-5-3-4-12(18)15(13)19/h3-8,10H,1-2H3,(H,21,22)(H2,20,24,25). The van der Waals surface area contributed by atoms with Crippen molar-refractivity contribution < 1.29 is 22.7 Å². The van der Waals surface area contributed by atoms with E-state index in [0.29, 0.717) is 5.56 Å². The topological polar surface area (TPSA) is 116 Å². The van der Waals surface area contributed by atoms with Gasteiger partial charge in [-0.05, 0) is 43.7 Å². The number of primary sulfonamides is 1. The third-order valence-corrected chi connectivity index (χ3v) is 5.46. The summed E-state index contributed by atoms with van der Waals surface area (Å²) >= 11 is 11.9. The summed E-state index contributed by atoms with van der Waals surface area (Å²) in [7, 11) is -4.00. The van der Waals surface area contributed by atoms with Gasteiger partial charge in [-0.15, -0.1) is 0 Å². The van der Waals surface area contributed by atoms with E-state index in [1.54, 1.807) is 25.1 Å². The molecule has 0 bridgehead atoms. The van der Waals surface area contributed by atoms with Crippen LogP contribution >= 0.6 is 23.2 Å². The molecule has 0 fully saturated rings. The summed E-state index contributed by atoms with van der Waals surface area (Å²) in [5, 5.41) is 8.04. The predicted molar refractivity (Wildman–Crippen MR) is 103 cm³/mol. The van der Waals surface area contributed by atoms with Gasteiger partial charge >= 0.3 is 5.97 Å². The van der Waals surface area contributed by atoms with Gasteiger partial charge in [0.1, 0.15) is 0 Å². The number of ether oxygens (including phenoxy) is 1. The molecule has 0 saturated carbocycles. The smallest absolute Gasteiger partial charge is 0.338 e. The van der Waals surface area contributed by atoms with Gasteiger partial charge in [0, 0.05) is 0 Å². The molecular formula is C17H16Cl2N2O5S. The van der Waals surface area contributed by atoms with Crippen LogP contribution in [0.4, 0.5) is 5.69 Å². The van der Waals surface area contributed by atoms with Gasteiger partial charge in [0.2, 0.25) is 10.0 Å². The van der Waals surface area contributed by atoms with Crippen molar-refractivity contribution in [2.45, 2.75) is 24.8 Å². The number of hydrogen-bond donors (Lipinski definition) is 2. The Hall–Kier alpha value is -2.13. The molecule has 27 heavy (non-hydrogen) atoms. The quantitative estimate of drug-likeness (QED) is 0.706. The first-order chi connectivity index (χ1) is 12.5. The molecule has 2 rings (SSSR count). The number of benzene rings is 2. The second-order valence-electron chi connectivity index (χ2n) is 5.66. The molecule has 0 aliphatic carbocycles. The fraction of sp³-hybridized carbons (Fsp3) is 0.176. The van der Waals surface area contributed by atoms with Crippen molar-refractivity contribution in [1.29, 1.82) is 0 Å². The molecule has 1 unspecified atom stereocenters. The third-order valence-electron chi connectivity index (χ3n) is 3.59. The SMILES string of the molecule is Cc1ccc(C(=O)OC(C)C(=O)Nc2cccc(Cl)c2Cl)cc1S(N)(=O)=O. The molecule has 1 atom stereocenters. The number of hydrogen-bond acceptors (Lipinski definition) is 5. The average molecular weight is 431 g/mol. The number of carbonyl (C=O) groups excluding carboxylic acids is 2. The van der Waals surface area contributed by atoms with Gasteiger partial charge in [-0.25, -0.2) is 18.4 Å². The van der Waals surface area contributed by atoms with E-state index in [9.17, 15) is 18.0 Å². The molecule has 1 amide bonds. The highest BCUT2D eigenvalue weighted by atomic mass is 35.5. The Balaban J connectivity index is 2.13. The fourth-order valence-electron chi connectivity index (χ4n) is 2.15. The lowest BCUT2D eigenvalue weighted by Crippen LogP contribution is -2.30. The zero-order valence-corrected chi connectivity index (χ0v) is 16.7. The maximum Gasteiger partial charge on any atom is 0.338 e. The first-order valence-electron chi connectivity index (χ1n) is 7.60. The Labute approximate surface area is 166 Å². The summed E-state index contributed by atoms with van der Waals surface area (Å²) in [5.41, 5.74) is 0.601. The van der Waals surface area contributed by atoms with Gasteiger partial charge in [0.05, 0.1) is 26.2 Å². The van der Waals surface area contributed by atoms with E-state index in [4.69, 9.17) is 33.1 Å². The molecule has 2 aromatic carbocycles. The molecule has 0 radical (unpaired) electrons. The Bertz CT molecular complexity index is 1010. The highest BCUT2D eigenvalue weighted by Gasteiger charge is 2.22. The van der Waals surface area contributed by atoms with Crippen molar-refractivity contribution in [3.8, 4) is 0 Å². The molecular weight excluding hydrogens is 415 g/mol. The van der Waals surface area contributed by atoms with Crippen LogP contribution in [0.3, 0.4) is 0 Å². The van der Waals surface area contributed by atoms with Crippen molar-refractivity contribution in [3.63, 3.8) is 0 Å². The molecule has 0 aliphatic rings. The van der Waals surface area contributed by atoms with Crippen LogP contribution in [0.25, 0.3) is 0 Å². The van der Waals surface area contributed by atoms with Crippen molar-refractivity contribution >= 4 is 50.8 Å². The number of carbonyl (C=O) groups is 2. The van der Waals surface area contributed by atoms with Crippen LogP contribution in [0.5, 0.6) is 0 Å². The van der Waals surface area contributed by atoms with E-state index in [-0.39, 0.29) is 26.2 Å². The number of nitrogens with two attached hydrogens (primary N) is 1. The second-order valence-corrected chi connectivity index (χ2v) is 7.98. The van der Waals surface area contributed by atoms with Gasteiger partial charge in [0.25, 0.3) is 5.91 Å². The highest BCUT2D eigenvalue weighted by Crippen LogP contribution is 2.29. The Kier molecular flexibility index (Phi) is 6.48. The van der Waals surface area contributed by atoms with Gasteiger partial charge in [-0.3, -0.25) is 4.79 Å². The summed E-state index contributed by atoms with van der Waals surface area (Å²) in [6.45, 7) is 2.90. The van der Waals surface area contributed by atoms with E-state index >= 15 is 0 Å². The molecule has 2 aromatic rings. The van der Waals surface area contributed by atoms with Crippen LogP contribution in [0.1, 0.15) is 22.8 Å². The maximum atomic E-state index is 12.2. The molecule has 3 N–H and O–H groups in total. The van der Waals surface area contributed by atoms with Crippen molar-refractivity contribution in [2.24, 2.45) is 5.14 Å². The summed E-state index contributed by atoms with van der Waals surface area (Å²) in [5.74, 6) is -1.51. The summed E-state index contributed by atoms with van der Waals surface area (Å²) < 4.78 is 28.2. The molecule has 7 nitrogen and oxygen atoms in total. The van der Waals surface area contributed by atoms with E-state index in [2.05, 4.69) is 5.32 Å². The van der Waals surface area contributed by atoms with Crippen LogP contribution in [-0.2, 0) is 19.6 Å². The number of sulfonamides is 1. The minimum Gasteiger partial charge on any atom is -0.449 e. The Morgan fingerprint density at radius 1 is 1.19 bits per heavy atom. The number of anilines is 1. The molecule has 0 aliphatic heterocycles. The monoisotopic (exact) mass is 430 g/mol. The van der Waals surface area contributed by atoms with Crippen LogP contribution < -0.4 is 10.5 Å².